The summed E-state index contributed by atoms with van der Waals surface area (Å²) in [5, 5.41) is 19.1. The third-order valence-electron chi connectivity index (χ3n) is 7.48. The van der Waals surface area contributed by atoms with Crippen molar-refractivity contribution in [3.63, 3.8) is 0 Å². The molecule has 3 heterocycles. The summed E-state index contributed by atoms with van der Waals surface area (Å²) >= 11 is 0. The third-order valence-corrected chi connectivity index (χ3v) is 9.25. The number of carbonyl (C=O) groups excluding carboxylic acids is 2. The number of rotatable bonds is 8. The maximum atomic E-state index is 13.9. The number of H-pyrrole nitrogens is 1. The molecule has 2 aromatic heterocycles. The first kappa shape index (κ1) is 31.3. The molecule has 0 saturated heterocycles. The highest BCUT2D eigenvalue weighted by atomic mass is 32.2. The lowest BCUT2D eigenvalue weighted by Crippen LogP contribution is -2.45. The smallest absolute Gasteiger partial charge is 0.337 e. The number of amides is 2. The molecule has 1 aliphatic rings. The second kappa shape index (κ2) is 11.1. The number of sulfonamides is 1. The molecule has 0 unspecified atom stereocenters. The van der Waals surface area contributed by atoms with E-state index in [9.17, 15) is 36.7 Å². The van der Waals surface area contributed by atoms with Crippen LogP contribution < -0.4 is 16.0 Å². The molecule has 5 N–H and O–H groups in total. The largest absolute Gasteiger partial charge is 0.478 e. The zero-order valence-electron chi connectivity index (χ0n) is 24.6. The molecular weight excluding hydrogens is 612 g/mol. The summed E-state index contributed by atoms with van der Waals surface area (Å²) in [5.74, 6) is -5.00. The Hall–Kier alpha value is -5.09. The van der Waals surface area contributed by atoms with Crippen molar-refractivity contribution in [2.24, 2.45) is 5.73 Å². The zero-order chi connectivity index (χ0) is 33.0. The van der Waals surface area contributed by atoms with Crippen molar-refractivity contribution in [2.75, 3.05) is 30.9 Å². The Balaban J connectivity index is 1.55. The number of carboxylic acid groups (broad SMARTS) is 1. The van der Waals surface area contributed by atoms with Gasteiger partial charge in [0.15, 0.2) is 5.82 Å². The van der Waals surface area contributed by atoms with Gasteiger partial charge in [-0.25, -0.2) is 22.0 Å². The maximum absolute atomic E-state index is 13.9. The number of anilines is 2. The molecule has 16 heteroatoms. The number of carboxylic acids is 1. The van der Waals surface area contributed by atoms with E-state index in [1.165, 1.54) is 35.2 Å². The predicted octanol–water partition coefficient (Wildman–Crippen LogP) is 3.08. The molecular formula is C29H29F2N7O6S. The summed E-state index contributed by atoms with van der Waals surface area (Å²) in [4.78, 5) is 38.8. The number of carbonyl (C=O) groups is 3. The van der Waals surface area contributed by atoms with E-state index in [4.69, 9.17) is 5.73 Å². The number of hydrogen-bond acceptors (Lipinski definition) is 7. The van der Waals surface area contributed by atoms with Crippen LogP contribution >= 0.6 is 0 Å². The molecule has 1 aliphatic heterocycles. The van der Waals surface area contributed by atoms with Crippen molar-refractivity contribution in [1.29, 1.82) is 0 Å². The summed E-state index contributed by atoms with van der Waals surface area (Å²) in [6, 6.07) is 6.18. The van der Waals surface area contributed by atoms with Gasteiger partial charge in [0.1, 0.15) is 11.6 Å². The Bertz CT molecular complexity index is 1960. The summed E-state index contributed by atoms with van der Waals surface area (Å²) in [6.45, 7) is 3.12. The fourth-order valence-corrected chi connectivity index (χ4v) is 6.93. The van der Waals surface area contributed by atoms with Crippen LogP contribution in [0.15, 0.2) is 53.7 Å². The number of primary amides is 1. The topological polar surface area (TPSA) is 184 Å². The van der Waals surface area contributed by atoms with Crippen LogP contribution in [0, 0.1) is 11.6 Å². The van der Waals surface area contributed by atoms with E-state index in [-0.39, 0.29) is 35.6 Å². The number of halogens is 2. The standard InChI is InChI=1S/C29H29F2N7O6S/c1-29(2)14-38(45(43,44)18-8-16(30)7-17(31)9-18)13-21-24(29)34-35-26(21)33-27(40)20-11-23(37-6-5-15(12-37)28(41)42)22(36(3)4)10-19(20)25(32)39/h5-12H,13-14H2,1-4H3,(H2,32,39)(H,41,42)(H2,33,34,35,40). The number of aromatic carboxylic acids is 1. The van der Waals surface area contributed by atoms with Crippen molar-refractivity contribution < 1.29 is 36.7 Å². The second-order valence-corrected chi connectivity index (χ2v) is 13.3. The van der Waals surface area contributed by atoms with Gasteiger partial charge in [-0.05, 0) is 30.3 Å². The highest BCUT2D eigenvalue weighted by Gasteiger charge is 2.41. The Morgan fingerprint density at radius 1 is 1.09 bits per heavy atom. The number of nitrogens with zero attached hydrogens (tertiary/aromatic N) is 4. The maximum Gasteiger partial charge on any atom is 0.337 e. The van der Waals surface area contributed by atoms with Gasteiger partial charge in [-0.15, -0.1) is 0 Å². The Kier molecular flexibility index (Phi) is 7.74. The molecule has 4 aromatic rings. The number of fused-ring (bicyclic) bond motifs is 1. The molecule has 0 fully saturated rings. The summed E-state index contributed by atoms with van der Waals surface area (Å²) < 4.78 is 57.3. The van der Waals surface area contributed by atoms with Gasteiger partial charge < -0.3 is 25.6 Å². The van der Waals surface area contributed by atoms with Gasteiger partial charge in [0, 0.05) is 62.3 Å². The van der Waals surface area contributed by atoms with E-state index in [2.05, 4.69) is 15.5 Å². The predicted molar refractivity (Wildman–Crippen MR) is 159 cm³/mol. The number of nitrogens with two attached hydrogens (primary N) is 1. The van der Waals surface area contributed by atoms with Crippen LogP contribution in [0.2, 0.25) is 0 Å². The van der Waals surface area contributed by atoms with Crippen LogP contribution in [0.25, 0.3) is 5.69 Å². The summed E-state index contributed by atoms with van der Waals surface area (Å²) in [5.41, 5.74) is 6.16. The molecule has 0 spiro atoms. The lowest BCUT2D eigenvalue weighted by molar-refractivity contribution is 0.0696. The van der Waals surface area contributed by atoms with Crippen molar-refractivity contribution >= 4 is 39.3 Å². The normalized spacial score (nSPS) is 14.5. The molecule has 2 aromatic carbocycles. The van der Waals surface area contributed by atoms with Crippen molar-refractivity contribution in [2.45, 2.75) is 30.7 Å². The lowest BCUT2D eigenvalue weighted by Gasteiger charge is -2.36. The van der Waals surface area contributed by atoms with Crippen molar-refractivity contribution in [1.82, 2.24) is 19.1 Å². The summed E-state index contributed by atoms with van der Waals surface area (Å²) in [6.07, 6.45) is 2.84. The minimum Gasteiger partial charge on any atom is -0.478 e. The van der Waals surface area contributed by atoms with Crippen LogP contribution in [-0.2, 0) is 22.0 Å². The average Bonchev–Trinajstić information content (AvgIpc) is 3.60. The van der Waals surface area contributed by atoms with Crippen LogP contribution in [0.5, 0.6) is 0 Å². The molecule has 0 aliphatic carbocycles. The van der Waals surface area contributed by atoms with Crippen LogP contribution in [-0.4, -0.2) is 71.0 Å². The minimum atomic E-state index is -4.38. The molecule has 236 valence electrons. The fraction of sp³-hybridized carbons (Fsp3) is 0.241. The highest BCUT2D eigenvalue weighted by Crippen LogP contribution is 2.38. The molecule has 2 amide bonds. The van der Waals surface area contributed by atoms with Gasteiger partial charge in [-0.3, -0.25) is 14.7 Å². The van der Waals surface area contributed by atoms with Gasteiger partial charge in [0.05, 0.1) is 33.0 Å². The summed E-state index contributed by atoms with van der Waals surface area (Å²) in [7, 11) is -0.988. The SMILES string of the molecule is CN(C)c1cc(C(N)=O)c(C(=O)Nc2n[nH]c3c2CN(S(=O)(=O)c2cc(F)cc(F)c2)CC3(C)C)cc1-n1ccc(C(=O)O)c1. The molecule has 5 rings (SSSR count). The number of hydrogen-bond donors (Lipinski definition) is 4. The molecule has 45 heavy (non-hydrogen) atoms. The molecule has 13 nitrogen and oxygen atoms in total. The number of aromatic amines is 1. The Morgan fingerprint density at radius 3 is 2.33 bits per heavy atom. The van der Waals surface area contributed by atoms with E-state index in [0.29, 0.717) is 28.7 Å². The van der Waals surface area contributed by atoms with Crippen molar-refractivity contribution in [3.8, 4) is 5.69 Å². The first-order valence-corrected chi connectivity index (χ1v) is 14.9. The number of aromatic nitrogens is 3. The minimum absolute atomic E-state index is 0.00376. The van der Waals surface area contributed by atoms with Crippen LogP contribution in [0.4, 0.5) is 20.3 Å². The fourth-order valence-electron chi connectivity index (χ4n) is 5.31. The van der Waals surface area contributed by atoms with Gasteiger partial charge >= 0.3 is 5.97 Å². The number of nitrogens with one attached hydrogen (secondary N) is 2. The third kappa shape index (κ3) is 5.76. The molecule has 0 atom stereocenters. The molecule has 0 bridgehead atoms. The lowest BCUT2D eigenvalue weighted by atomic mass is 9.84. The van der Waals surface area contributed by atoms with E-state index >= 15 is 0 Å². The quantitative estimate of drug-likeness (QED) is 0.226. The number of benzene rings is 2. The zero-order valence-corrected chi connectivity index (χ0v) is 25.4. The highest BCUT2D eigenvalue weighted by molar-refractivity contribution is 7.89. The van der Waals surface area contributed by atoms with Crippen molar-refractivity contribution in [3.05, 3.63) is 88.4 Å². The Labute approximate surface area is 256 Å². The monoisotopic (exact) mass is 641 g/mol. The van der Waals surface area contributed by atoms with Gasteiger partial charge in [0.25, 0.3) is 5.91 Å². The average molecular weight is 642 g/mol. The van der Waals surface area contributed by atoms with E-state index < -0.39 is 49.8 Å². The second-order valence-electron chi connectivity index (χ2n) is 11.4. The van der Waals surface area contributed by atoms with E-state index in [1.807, 2.05) is 0 Å². The Morgan fingerprint density at radius 2 is 1.76 bits per heavy atom. The van der Waals surface area contributed by atoms with Gasteiger partial charge in [0.2, 0.25) is 15.9 Å². The first-order valence-electron chi connectivity index (χ1n) is 13.4. The van der Waals surface area contributed by atoms with E-state index in [1.54, 1.807) is 32.8 Å². The van der Waals surface area contributed by atoms with Gasteiger partial charge in [-0.1, -0.05) is 13.8 Å². The first-order chi connectivity index (χ1) is 21.0. The van der Waals surface area contributed by atoms with Gasteiger partial charge in [-0.2, -0.15) is 9.40 Å². The van der Waals surface area contributed by atoms with E-state index in [0.717, 1.165) is 16.4 Å². The molecule has 0 saturated carbocycles. The van der Waals surface area contributed by atoms with Crippen LogP contribution in [0.3, 0.4) is 0 Å². The van der Waals surface area contributed by atoms with Crippen LogP contribution in [0.1, 0.15) is 56.2 Å². The molecule has 0 radical (unpaired) electrons.